The minimum atomic E-state index is -0.140. The zero-order valence-corrected chi connectivity index (χ0v) is 15.9. The molecule has 0 radical (unpaired) electrons. The molecule has 0 atom stereocenters. The van der Waals surface area contributed by atoms with Crippen LogP contribution in [-0.2, 0) is 0 Å². The molecular formula is C20H26N4O3. The predicted molar refractivity (Wildman–Crippen MR) is 104 cm³/mol. The Hall–Kier alpha value is -2.83. The maximum absolute atomic E-state index is 12.2. The molecule has 0 saturated carbocycles. The molecule has 7 heteroatoms. The second kappa shape index (κ2) is 9.21. The molecule has 1 amide bonds. The van der Waals surface area contributed by atoms with Crippen molar-refractivity contribution in [3.05, 3.63) is 41.7 Å². The normalized spacial score (nSPS) is 13.5. The molecule has 1 fully saturated rings. The van der Waals surface area contributed by atoms with Crippen molar-refractivity contribution in [3.63, 3.8) is 0 Å². The first-order chi connectivity index (χ1) is 13.2. The summed E-state index contributed by atoms with van der Waals surface area (Å²) in [6.07, 6.45) is 2.38. The van der Waals surface area contributed by atoms with Crippen molar-refractivity contribution < 1.29 is 14.3 Å². The Bertz CT molecular complexity index is 758. The SMILES string of the molecule is CCOc1ccc(C(=O)NCCOc2cc(N3CCCC3)nc(C)n2)cc1. The summed E-state index contributed by atoms with van der Waals surface area (Å²) in [5.74, 6) is 2.75. The lowest BCUT2D eigenvalue weighted by Crippen LogP contribution is -2.28. The number of nitrogens with one attached hydrogen (secondary N) is 1. The monoisotopic (exact) mass is 370 g/mol. The van der Waals surface area contributed by atoms with Crippen LogP contribution in [0.2, 0.25) is 0 Å². The molecule has 0 spiro atoms. The van der Waals surface area contributed by atoms with Crippen LogP contribution in [0.15, 0.2) is 30.3 Å². The van der Waals surface area contributed by atoms with Gasteiger partial charge in [-0.2, -0.15) is 4.98 Å². The van der Waals surface area contributed by atoms with Crippen LogP contribution in [0.5, 0.6) is 11.6 Å². The molecule has 7 nitrogen and oxygen atoms in total. The summed E-state index contributed by atoms with van der Waals surface area (Å²) in [4.78, 5) is 23.2. The number of carbonyl (C=O) groups is 1. The molecule has 1 aromatic heterocycles. The number of anilines is 1. The van der Waals surface area contributed by atoms with E-state index in [9.17, 15) is 4.79 Å². The molecule has 27 heavy (non-hydrogen) atoms. The molecule has 1 aromatic carbocycles. The molecule has 1 aliphatic rings. The van der Waals surface area contributed by atoms with Gasteiger partial charge in [0, 0.05) is 24.7 Å². The zero-order valence-electron chi connectivity index (χ0n) is 15.9. The van der Waals surface area contributed by atoms with Crippen LogP contribution in [0.4, 0.5) is 5.82 Å². The number of aromatic nitrogens is 2. The van der Waals surface area contributed by atoms with E-state index in [0.717, 1.165) is 24.7 Å². The fourth-order valence-electron chi connectivity index (χ4n) is 3.00. The molecule has 0 bridgehead atoms. The molecule has 2 heterocycles. The van der Waals surface area contributed by atoms with Crippen LogP contribution in [0.1, 0.15) is 35.9 Å². The number of hydrogen-bond donors (Lipinski definition) is 1. The Morgan fingerprint density at radius 3 is 2.59 bits per heavy atom. The number of ether oxygens (including phenoxy) is 2. The van der Waals surface area contributed by atoms with Crippen molar-refractivity contribution in [2.24, 2.45) is 0 Å². The minimum Gasteiger partial charge on any atom is -0.494 e. The van der Waals surface area contributed by atoms with Crippen molar-refractivity contribution in [2.45, 2.75) is 26.7 Å². The van der Waals surface area contributed by atoms with Gasteiger partial charge in [0.25, 0.3) is 5.91 Å². The standard InChI is InChI=1S/C20H26N4O3/c1-3-26-17-8-6-16(7-9-17)20(25)21-10-13-27-19-14-18(22-15(2)23-19)24-11-4-5-12-24/h6-9,14H,3-5,10-13H2,1-2H3,(H,21,25). The summed E-state index contributed by atoms with van der Waals surface area (Å²) in [6.45, 7) is 7.17. The lowest BCUT2D eigenvalue weighted by atomic mass is 10.2. The maximum atomic E-state index is 12.2. The smallest absolute Gasteiger partial charge is 0.251 e. The highest BCUT2D eigenvalue weighted by Crippen LogP contribution is 2.21. The summed E-state index contributed by atoms with van der Waals surface area (Å²) in [7, 11) is 0. The number of aryl methyl sites for hydroxylation is 1. The Balaban J connectivity index is 1.47. The molecule has 1 saturated heterocycles. The summed E-state index contributed by atoms with van der Waals surface area (Å²) >= 11 is 0. The first-order valence-electron chi connectivity index (χ1n) is 9.40. The molecule has 0 unspecified atom stereocenters. The average molecular weight is 370 g/mol. The first-order valence-corrected chi connectivity index (χ1v) is 9.40. The number of nitrogens with zero attached hydrogens (tertiary/aromatic N) is 3. The van der Waals surface area contributed by atoms with Crippen molar-refractivity contribution in [1.29, 1.82) is 0 Å². The fraction of sp³-hybridized carbons (Fsp3) is 0.450. The van der Waals surface area contributed by atoms with Crippen molar-refractivity contribution in [3.8, 4) is 11.6 Å². The topological polar surface area (TPSA) is 76.6 Å². The van der Waals surface area contributed by atoms with Crippen LogP contribution < -0.4 is 19.7 Å². The van der Waals surface area contributed by atoms with E-state index in [1.165, 1.54) is 12.8 Å². The average Bonchev–Trinajstić information content (AvgIpc) is 3.20. The molecule has 0 aliphatic carbocycles. The Morgan fingerprint density at radius 2 is 1.89 bits per heavy atom. The lowest BCUT2D eigenvalue weighted by Gasteiger charge is -2.17. The maximum Gasteiger partial charge on any atom is 0.251 e. The summed E-state index contributed by atoms with van der Waals surface area (Å²) in [5.41, 5.74) is 0.590. The highest BCUT2D eigenvalue weighted by Gasteiger charge is 2.15. The predicted octanol–water partition coefficient (Wildman–Crippen LogP) is 2.59. The van der Waals surface area contributed by atoms with Gasteiger partial charge in [-0.3, -0.25) is 4.79 Å². The molecule has 3 rings (SSSR count). The van der Waals surface area contributed by atoms with Gasteiger partial charge in [-0.1, -0.05) is 0 Å². The fourth-order valence-corrected chi connectivity index (χ4v) is 3.00. The van der Waals surface area contributed by atoms with E-state index >= 15 is 0 Å². The van der Waals surface area contributed by atoms with Crippen molar-refractivity contribution in [1.82, 2.24) is 15.3 Å². The number of benzene rings is 1. The molecular weight excluding hydrogens is 344 g/mol. The highest BCUT2D eigenvalue weighted by atomic mass is 16.5. The third-order valence-electron chi connectivity index (χ3n) is 4.30. The zero-order chi connectivity index (χ0) is 19.1. The van der Waals surface area contributed by atoms with E-state index in [0.29, 0.717) is 37.0 Å². The number of rotatable bonds is 8. The quantitative estimate of drug-likeness (QED) is 0.720. The summed E-state index contributed by atoms with van der Waals surface area (Å²) in [5, 5.41) is 2.85. The van der Waals surface area contributed by atoms with Crippen LogP contribution in [-0.4, -0.2) is 48.7 Å². The number of amides is 1. The van der Waals surface area contributed by atoms with Gasteiger partial charge in [0.15, 0.2) is 0 Å². The van der Waals surface area contributed by atoms with Gasteiger partial charge >= 0.3 is 0 Å². The lowest BCUT2D eigenvalue weighted by molar-refractivity contribution is 0.0946. The van der Waals surface area contributed by atoms with E-state index in [2.05, 4.69) is 20.2 Å². The molecule has 1 N–H and O–H groups in total. The van der Waals surface area contributed by atoms with Gasteiger partial charge in [0.1, 0.15) is 24.0 Å². The van der Waals surface area contributed by atoms with Gasteiger partial charge in [-0.15, -0.1) is 0 Å². The van der Waals surface area contributed by atoms with Gasteiger partial charge in [0.2, 0.25) is 5.88 Å². The number of carbonyl (C=O) groups excluding carboxylic acids is 1. The van der Waals surface area contributed by atoms with E-state index in [1.807, 2.05) is 19.9 Å². The Labute approximate surface area is 159 Å². The van der Waals surface area contributed by atoms with E-state index in [1.54, 1.807) is 24.3 Å². The summed E-state index contributed by atoms with van der Waals surface area (Å²) < 4.78 is 11.1. The third kappa shape index (κ3) is 5.32. The van der Waals surface area contributed by atoms with Crippen LogP contribution >= 0.6 is 0 Å². The van der Waals surface area contributed by atoms with Gasteiger partial charge in [-0.05, 0) is 51.0 Å². The third-order valence-corrected chi connectivity index (χ3v) is 4.30. The van der Waals surface area contributed by atoms with Gasteiger partial charge < -0.3 is 19.7 Å². The number of hydrogen-bond acceptors (Lipinski definition) is 6. The van der Waals surface area contributed by atoms with Crippen molar-refractivity contribution >= 4 is 11.7 Å². The summed E-state index contributed by atoms with van der Waals surface area (Å²) in [6, 6.07) is 8.94. The van der Waals surface area contributed by atoms with Gasteiger partial charge in [0.05, 0.1) is 13.2 Å². The molecule has 144 valence electrons. The van der Waals surface area contributed by atoms with Crippen LogP contribution in [0.25, 0.3) is 0 Å². The molecule has 1 aliphatic heterocycles. The first kappa shape index (κ1) is 18.9. The largest absolute Gasteiger partial charge is 0.494 e. The molecule has 2 aromatic rings. The minimum absolute atomic E-state index is 0.140. The second-order valence-electron chi connectivity index (χ2n) is 6.37. The van der Waals surface area contributed by atoms with Gasteiger partial charge in [-0.25, -0.2) is 4.98 Å². The highest BCUT2D eigenvalue weighted by molar-refractivity contribution is 5.94. The van der Waals surface area contributed by atoms with Crippen molar-refractivity contribution in [2.75, 3.05) is 37.7 Å². The van der Waals surface area contributed by atoms with E-state index in [4.69, 9.17) is 9.47 Å². The van der Waals surface area contributed by atoms with Crippen LogP contribution in [0.3, 0.4) is 0 Å². The second-order valence-corrected chi connectivity index (χ2v) is 6.37. The Morgan fingerprint density at radius 1 is 1.15 bits per heavy atom. The van der Waals surface area contributed by atoms with Crippen LogP contribution in [0, 0.1) is 6.92 Å². The van der Waals surface area contributed by atoms with E-state index in [-0.39, 0.29) is 5.91 Å². The van der Waals surface area contributed by atoms with E-state index < -0.39 is 0 Å². The Kier molecular flexibility index (Phi) is 6.46.